The smallest absolute Gasteiger partial charge is 0.322 e. The number of likely N-dealkylation sites (N-methyl/N-ethyl adjacent to an activating group) is 1. The van der Waals surface area contributed by atoms with Gasteiger partial charge in [-0.2, -0.15) is 8.78 Å². The molecule has 0 atom stereocenters. The average molecular weight is 478 g/mol. The first-order valence-corrected chi connectivity index (χ1v) is 10.7. The van der Waals surface area contributed by atoms with Crippen LogP contribution in [0.4, 0.5) is 23.7 Å². The number of aromatic nitrogens is 1. The molecule has 2 heterocycles. The Hall–Kier alpha value is -3.67. The van der Waals surface area contributed by atoms with Gasteiger partial charge in [-0.05, 0) is 36.9 Å². The third-order valence-electron chi connectivity index (χ3n) is 5.35. The third-order valence-corrected chi connectivity index (χ3v) is 5.35. The van der Waals surface area contributed by atoms with E-state index in [0.29, 0.717) is 24.5 Å². The quantitative estimate of drug-likeness (QED) is 0.619. The maximum absolute atomic E-state index is 13.9. The van der Waals surface area contributed by atoms with Crippen LogP contribution in [-0.4, -0.2) is 71.8 Å². The molecule has 12 heteroatoms. The number of carbonyl (C=O) groups excluding carboxylic acids is 3. The summed E-state index contributed by atoms with van der Waals surface area (Å²) in [5, 5.41) is 0. The molecule has 0 radical (unpaired) electrons. The topological polar surface area (TPSA) is 97.9 Å². The number of hydrogen-bond acceptors (Lipinski definition) is 5. The molecule has 0 bridgehead atoms. The molecule has 182 valence electrons. The number of anilines is 1. The van der Waals surface area contributed by atoms with Crippen LogP contribution in [0.1, 0.15) is 23.0 Å². The van der Waals surface area contributed by atoms with Crippen LogP contribution >= 0.6 is 0 Å². The Bertz CT molecular complexity index is 1010. The van der Waals surface area contributed by atoms with E-state index in [-0.39, 0.29) is 18.1 Å². The minimum atomic E-state index is -3.27. The van der Waals surface area contributed by atoms with Gasteiger partial charge in [-0.3, -0.25) is 30.3 Å². The van der Waals surface area contributed by atoms with Crippen molar-refractivity contribution in [2.45, 2.75) is 19.9 Å². The molecule has 1 saturated heterocycles. The number of hydrogen-bond donors (Lipinski definition) is 2. The molecule has 2 N–H and O–H groups in total. The lowest BCUT2D eigenvalue weighted by Gasteiger charge is -2.37. The lowest BCUT2D eigenvalue weighted by molar-refractivity contribution is -0.132. The van der Waals surface area contributed by atoms with Gasteiger partial charge < -0.3 is 9.80 Å². The van der Waals surface area contributed by atoms with E-state index in [1.807, 2.05) is 5.43 Å². The molecule has 1 aromatic heterocycles. The second kappa shape index (κ2) is 11.5. The summed E-state index contributed by atoms with van der Waals surface area (Å²) in [6, 6.07) is 8.24. The summed E-state index contributed by atoms with van der Waals surface area (Å²) in [6.07, 6.45) is -2.08. The summed E-state index contributed by atoms with van der Waals surface area (Å²) in [5.41, 5.74) is 4.25. The molecule has 0 unspecified atom stereocenters. The minimum Gasteiger partial charge on any atom is -0.322 e. The van der Waals surface area contributed by atoms with Crippen molar-refractivity contribution < 1.29 is 27.6 Å². The minimum absolute atomic E-state index is 0.0117. The molecule has 34 heavy (non-hydrogen) atoms. The van der Waals surface area contributed by atoms with Crippen LogP contribution in [0.15, 0.2) is 42.6 Å². The lowest BCUT2D eigenvalue weighted by atomic mass is 10.2. The van der Waals surface area contributed by atoms with E-state index in [9.17, 15) is 27.6 Å². The summed E-state index contributed by atoms with van der Waals surface area (Å²) >= 11 is 0. The number of nitrogens with zero attached hydrogens (tertiary/aromatic N) is 4. The Morgan fingerprint density at radius 2 is 1.82 bits per heavy atom. The zero-order valence-corrected chi connectivity index (χ0v) is 18.5. The standard InChI is InChI=1S/C22H25F3N6O3/c1-2-29-8-10-30(11-9-29)22(34)31(18-5-3-4-16(23)12-18)14-17-7-6-15(13-26-17)20(32)27-28-21(33)19(24)25/h3-7,12-13,19H,2,8-11,14H2,1H3,(H,27,32)(H,28,33). The normalized spacial score (nSPS) is 14.1. The molecule has 0 saturated carbocycles. The molecule has 1 aliphatic rings. The number of hydrazine groups is 1. The first-order chi connectivity index (χ1) is 16.3. The van der Waals surface area contributed by atoms with Gasteiger partial charge in [0.1, 0.15) is 5.82 Å². The number of rotatable bonds is 6. The molecule has 1 aromatic carbocycles. The maximum Gasteiger partial charge on any atom is 0.324 e. The largest absolute Gasteiger partial charge is 0.324 e. The van der Waals surface area contributed by atoms with E-state index >= 15 is 0 Å². The highest BCUT2D eigenvalue weighted by atomic mass is 19.3. The lowest BCUT2D eigenvalue weighted by Crippen LogP contribution is -2.52. The van der Waals surface area contributed by atoms with E-state index in [0.717, 1.165) is 19.6 Å². The summed E-state index contributed by atoms with van der Waals surface area (Å²) in [4.78, 5) is 45.7. The van der Waals surface area contributed by atoms with Crippen LogP contribution in [0.25, 0.3) is 0 Å². The molecular weight excluding hydrogens is 453 g/mol. The van der Waals surface area contributed by atoms with Crippen molar-refractivity contribution in [1.82, 2.24) is 25.6 Å². The van der Waals surface area contributed by atoms with Gasteiger partial charge >= 0.3 is 18.4 Å². The number of piperazine rings is 1. The van der Waals surface area contributed by atoms with Gasteiger partial charge in [0.15, 0.2) is 0 Å². The van der Waals surface area contributed by atoms with Crippen LogP contribution < -0.4 is 15.8 Å². The Morgan fingerprint density at radius 1 is 1.09 bits per heavy atom. The van der Waals surface area contributed by atoms with Crippen LogP contribution in [-0.2, 0) is 11.3 Å². The predicted octanol–water partition coefficient (Wildman–Crippen LogP) is 2.01. The number of benzene rings is 1. The summed E-state index contributed by atoms with van der Waals surface area (Å²) in [7, 11) is 0. The zero-order valence-electron chi connectivity index (χ0n) is 18.5. The van der Waals surface area contributed by atoms with Gasteiger partial charge in [0.25, 0.3) is 5.91 Å². The highest BCUT2D eigenvalue weighted by Gasteiger charge is 2.26. The van der Waals surface area contributed by atoms with Crippen molar-refractivity contribution in [2.75, 3.05) is 37.6 Å². The molecule has 9 nitrogen and oxygen atoms in total. The van der Waals surface area contributed by atoms with Crippen LogP contribution in [0.2, 0.25) is 0 Å². The summed E-state index contributed by atoms with van der Waals surface area (Å²) < 4.78 is 38.3. The van der Waals surface area contributed by atoms with Crippen molar-refractivity contribution in [3.05, 3.63) is 59.7 Å². The highest BCUT2D eigenvalue weighted by Crippen LogP contribution is 2.21. The van der Waals surface area contributed by atoms with Crippen molar-refractivity contribution in [1.29, 1.82) is 0 Å². The summed E-state index contributed by atoms with van der Waals surface area (Å²) in [6.45, 7) is 5.52. The molecular formula is C22H25F3N6O3. The number of halogens is 3. The van der Waals surface area contributed by atoms with E-state index in [1.54, 1.807) is 16.4 Å². The summed E-state index contributed by atoms with van der Waals surface area (Å²) in [5.74, 6) is -2.96. The van der Waals surface area contributed by atoms with Gasteiger partial charge in [-0.25, -0.2) is 9.18 Å². The number of pyridine rings is 1. The molecule has 0 spiro atoms. The first-order valence-electron chi connectivity index (χ1n) is 10.7. The van der Waals surface area contributed by atoms with E-state index in [4.69, 9.17) is 0 Å². The second-order valence-corrected chi connectivity index (χ2v) is 7.55. The second-order valence-electron chi connectivity index (χ2n) is 7.55. The van der Waals surface area contributed by atoms with Gasteiger partial charge in [-0.15, -0.1) is 0 Å². The maximum atomic E-state index is 13.9. The van der Waals surface area contributed by atoms with Gasteiger partial charge in [0.2, 0.25) is 0 Å². The number of urea groups is 1. The number of carbonyl (C=O) groups is 3. The first kappa shape index (κ1) is 25.0. The predicted molar refractivity (Wildman–Crippen MR) is 118 cm³/mol. The molecule has 4 amide bonds. The van der Waals surface area contributed by atoms with Crippen LogP contribution in [0.3, 0.4) is 0 Å². The SMILES string of the molecule is CCN1CCN(C(=O)N(Cc2ccc(C(=O)NNC(=O)C(F)F)cn2)c2cccc(F)c2)CC1. The van der Waals surface area contributed by atoms with Gasteiger partial charge in [0, 0.05) is 38.1 Å². The Balaban J connectivity index is 1.73. The Labute approximate surface area is 194 Å². The third kappa shape index (κ3) is 6.44. The fraction of sp³-hybridized carbons (Fsp3) is 0.364. The highest BCUT2D eigenvalue weighted by molar-refractivity contribution is 5.95. The van der Waals surface area contributed by atoms with E-state index in [1.165, 1.54) is 41.4 Å². The van der Waals surface area contributed by atoms with Crippen molar-refractivity contribution in [3.63, 3.8) is 0 Å². The van der Waals surface area contributed by atoms with Crippen molar-refractivity contribution >= 4 is 23.5 Å². The van der Waals surface area contributed by atoms with E-state index < -0.39 is 24.1 Å². The number of amides is 4. The fourth-order valence-electron chi connectivity index (χ4n) is 3.40. The molecule has 0 aliphatic carbocycles. The van der Waals surface area contributed by atoms with E-state index in [2.05, 4.69) is 16.8 Å². The van der Waals surface area contributed by atoms with Gasteiger partial charge in [-0.1, -0.05) is 13.0 Å². The fourth-order valence-corrected chi connectivity index (χ4v) is 3.40. The molecule has 3 rings (SSSR count). The van der Waals surface area contributed by atoms with Crippen LogP contribution in [0, 0.1) is 5.82 Å². The molecule has 1 aliphatic heterocycles. The monoisotopic (exact) mass is 478 g/mol. The van der Waals surface area contributed by atoms with Crippen molar-refractivity contribution in [2.24, 2.45) is 0 Å². The van der Waals surface area contributed by atoms with Crippen molar-refractivity contribution in [3.8, 4) is 0 Å². The average Bonchev–Trinajstić information content (AvgIpc) is 2.85. The van der Waals surface area contributed by atoms with Crippen LogP contribution in [0.5, 0.6) is 0 Å². The Morgan fingerprint density at radius 3 is 2.41 bits per heavy atom. The van der Waals surface area contributed by atoms with Gasteiger partial charge in [0.05, 0.1) is 17.8 Å². The number of alkyl halides is 2. The zero-order chi connectivity index (χ0) is 24.7. The molecule has 1 fully saturated rings. The Kier molecular flexibility index (Phi) is 8.41. The number of nitrogens with one attached hydrogen (secondary N) is 2. The molecule has 2 aromatic rings.